The summed E-state index contributed by atoms with van der Waals surface area (Å²) >= 11 is 3.47. The number of aliphatic hydroxyl groups excluding tert-OH is 4. The van der Waals surface area contributed by atoms with Crippen molar-refractivity contribution in [3.05, 3.63) is 11.0 Å². The van der Waals surface area contributed by atoms with Crippen LogP contribution in [-0.2, 0) is 28.5 Å². The molecule has 4 fully saturated rings. The highest BCUT2D eigenvalue weighted by atomic mass is 32.2. The van der Waals surface area contributed by atoms with Crippen molar-refractivity contribution < 1.29 is 58.6 Å². The molecule has 2 unspecified atom stereocenters. The van der Waals surface area contributed by atoms with Crippen LogP contribution in [0, 0.1) is 10.8 Å². The SMILES string of the molecule is CC(CO)(CO)COC(=O)CCC/C=C1/SCC2NC(=O)O[C@H]12.CC(CO)(CO)COC(=O)CCCC[C@@H]1SCC2NC(=O)O[C@@H]21. The molecule has 262 valence electrons. The second-order valence-corrected chi connectivity index (χ2v) is 15.1. The van der Waals surface area contributed by atoms with Gasteiger partial charge < -0.3 is 50.0 Å². The molecule has 4 heterocycles. The molecule has 0 aromatic carbocycles. The number of fused-ring (bicyclic) bond motifs is 2. The van der Waals surface area contributed by atoms with Crippen LogP contribution in [0.5, 0.6) is 0 Å². The van der Waals surface area contributed by atoms with E-state index >= 15 is 0 Å². The van der Waals surface area contributed by atoms with Crippen LogP contribution in [0.1, 0.15) is 58.8 Å². The highest BCUT2D eigenvalue weighted by Gasteiger charge is 2.45. The minimum Gasteiger partial charge on any atom is -0.465 e. The molecule has 0 saturated carbocycles. The van der Waals surface area contributed by atoms with Crippen molar-refractivity contribution in [2.45, 2.75) is 88.3 Å². The zero-order valence-electron chi connectivity index (χ0n) is 26.4. The highest BCUT2D eigenvalue weighted by molar-refractivity contribution is 8.03. The maximum absolute atomic E-state index is 11.7. The fraction of sp³-hybridized carbons (Fsp3) is 0.800. The Kier molecular flexibility index (Phi) is 15.2. The molecule has 0 bridgehead atoms. The van der Waals surface area contributed by atoms with Crippen LogP contribution in [0.2, 0.25) is 0 Å². The van der Waals surface area contributed by atoms with E-state index in [-0.39, 0.29) is 94.5 Å². The van der Waals surface area contributed by atoms with Gasteiger partial charge in [0.05, 0.1) is 38.5 Å². The maximum Gasteiger partial charge on any atom is 0.408 e. The summed E-state index contributed by atoms with van der Waals surface area (Å²) in [6.45, 7) is 2.38. The van der Waals surface area contributed by atoms with Crippen LogP contribution in [-0.4, -0.2) is 125 Å². The predicted octanol–water partition coefficient (Wildman–Crippen LogP) is 1.47. The Morgan fingerprint density at radius 2 is 1.41 bits per heavy atom. The minimum absolute atomic E-state index is 0.00114. The molecule has 14 nitrogen and oxygen atoms in total. The third-order valence-corrected chi connectivity index (χ3v) is 10.9. The molecule has 0 aromatic rings. The third-order valence-electron chi connectivity index (χ3n) is 8.15. The summed E-state index contributed by atoms with van der Waals surface area (Å²) in [7, 11) is 0. The molecule has 6 N–H and O–H groups in total. The summed E-state index contributed by atoms with van der Waals surface area (Å²) < 4.78 is 20.6. The molecule has 4 saturated heterocycles. The fourth-order valence-electron chi connectivity index (χ4n) is 4.84. The van der Waals surface area contributed by atoms with Gasteiger partial charge in [-0.15, -0.1) is 11.8 Å². The Morgan fingerprint density at radius 3 is 2.02 bits per heavy atom. The number of unbranched alkanes of at least 4 members (excludes halogenated alkanes) is 2. The highest BCUT2D eigenvalue weighted by Crippen LogP contribution is 2.37. The van der Waals surface area contributed by atoms with Gasteiger partial charge in [0.1, 0.15) is 19.3 Å². The summed E-state index contributed by atoms with van der Waals surface area (Å²) in [5.74, 6) is 1.03. The molecule has 0 aromatic heterocycles. The topological polar surface area (TPSA) is 210 Å². The summed E-state index contributed by atoms with van der Waals surface area (Å²) in [5.41, 5.74) is -1.59. The first kappa shape index (κ1) is 38.2. The van der Waals surface area contributed by atoms with Gasteiger partial charge in [-0.05, 0) is 25.7 Å². The van der Waals surface area contributed by atoms with Crippen molar-refractivity contribution in [1.82, 2.24) is 10.6 Å². The first-order valence-corrected chi connectivity index (χ1v) is 17.6. The first-order valence-electron chi connectivity index (χ1n) is 15.6. The molecule has 5 atom stereocenters. The van der Waals surface area contributed by atoms with E-state index in [1.807, 2.05) is 6.08 Å². The second kappa shape index (κ2) is 18.3. The van der Waals surface area contributed by atoms with E-state index in [9.17, 15) is 19.2 Å². The normalized spacial score (nSPS) is 25.9. The average molecular weight is 693 g/mol. The van der Waals surface area contributed by atoms with E-state index in [2.05, 4.69) is 10.6 Å². The number of carbonyl (C=O) groups is 4. The number of aliphatic hydroxyl groups is 4. The van der Waals surface area contributed by atoms with E-state index in [4.69, 9.17) is 39.4 Å². The maximum atomic E-state index is 11.7. The lowest BCUT2D eigenvalue weighted by molar-refractivity contribution is -0.150. The Labute approximate surface area is 277 Å². The summed E-state index contributed by atoms with van der Waals surface area (Å²) in [6.07, 6.45) is 5.48. The molecule has 0 aliphatic carbocycles. The monoisotopic (exact) mass is 692 g/mol. The van der Waals surface area contributed by atoms with Gasteiger partial charge in [0.25, 0.3) is 0 Å². The number of allylic oxidation sites excluding steroid dienone is 1. The van der Waals surface area contributed by atoms with Gasteiger partial charge in [0.15, 0.2) is 6.10 Å². The minimum atomic E-state index is -0.799. The van der Waals surface area contributed by atoms with Crippen LogP contribution >= 0.6 is 23.5 Å². The zero-order chi connectivity index (χ0) is 33.7. The number of amides is 2. The quantitative estimate of drug-likeness (QED) is 0.0725. The first-order chi connectivity index (χ1) is 21.9. The van der Waals surface area contributed by atoms with Gasteiger partial charge >= 0.3 is 24.1 Å². The van der Waals surface area contributed by atoms with Gasteiger partial charge in [-0.3, -0.25) is 9.59 Å². The molecule has 4 rings (SSSR count). The molecule has 2 amide bonds. The van der Waals surface area contributed by atoms with Crippen LogP contribution in [0.25, 0.3) is 0 Å². The Balaban J connectivity index is 0.000000250. The lowest BCUT2D eigenvalue weighted by Crippen LogP contribution is -2.32. The average Bonchev–Trinajstić information content (AvgIpc) is 3.81. The number of hydrogen-bond acceptors (Lipinski definition) is 14. The molecule has 0 spiro atoms. The second-order valence-electron chi connectivity index (χ2n) is 12.7. The third kappa shape index (κ3) is 11.5. The lowest BCUT2D eigenvalue weighted by atomic mass is 9.94. The van der Waals surface area contributed by atoms with Gasteiger partial charge in [-0.1, -0.05) is 26.3 Å². The van der Waals surface area contributed by atoms with Crippen molar-refractivity contribution in [2.75, 3.05) is 51.1 Å². The summed E-state index contributed by atoms with van der Waals surface area (Å²) in [6, 6.07) is 0.176. The van der Waals surface area contributed by atoms with E-state index in [0.717, 1.165) is 29.3 Å². The smallest absolute Gasteiger partial charge is 0.408 e. The number of hydrogen-bond donors (Lipinski definition) is 6. The van der Waals surface area contributed by atoms with Crippen LogP contribution < -0.4 is 10.6 Å². The molecule has 4 aliphatic heterocycles. The molecule has 0 radical (unpaired) electrons. The van der Waals surface area contributed by atoms with Crippen molar-refractivity contribution >= 4 is 47.6 Å². The van der Waals surface area contributed by atoms with Gasteiger partial charge in [0, 0.05) is 45.3 Å². The standard InChI is InChI=1S/C15H25NO6S.C15H23NO6S/c2*1-15(7-17,8-18)9-21-12(19)5-3-2-4-11-13-10(6-23-11)16-14(20)22-13/h10-11,13,17-18H,2-9H2,1H3,(H,16,20);4,10,13,17-18H,2-3,5-9H2,1H3,(H,16,20)/b;11-4+/t10?,11-,13-;10?,13-/m00/s1. The van der Waals surface area contributed by atoms with E-state index in [1.54, 1.807) is 37.4 Å². The van der Waals surface area contributed by atoms with Crippen LogP contribution in [0.15, 0.2) is 11.0 Å². The number of alkyl carbamates (subject to hydrolysis) is 2. The van der Waals surface area contributed by atoms with Crippen molar-refractivity contribution in [2.24, 2.45) is 10.8 Å². The van der Waals surface area contributed by atoms with Gasteiger partial charge in [-0.2, -0.15) is 11.8 Å². The van der Waals surface area contributed by atoms with Crippen molar-refractivity contribution in [3.63, 3.8) is 0 Å². The van der Waals surface area contributed by atoms with Crippen LogP contribution in [0.4, 0.5) is 9.59 Å². The molecule has 46 heavy (non-hydrogen) atoms. The number of thioether (sulfide) groups is 2. The van der Waals surface area contributed by atoms with Gasteiger partial charge in [0.2, 0.25) is 0 Å². The Hall–Kier alpha value is -2.24. The van der Waals surface area contributed by atoms with Gasteiger partial charge in [-0.25, -0.2) is 9.59 Å². The number of ether oxygens (including phenoxy) is 4. The van der Waals surface area contributed by atoms with E-state index in [0.29, 0.717) is 30.9 Å². The van der Waals surface area contributed by atoms with Crippen molar-refractivity contribution in [1.29, 1.82) is 0 Å². The Bertz CT molecular complexity index is 1070. The number of rotatable bonds is 17. The fourth-order valence-corrected chi connectivity index (χ4v) is 7.58. The summed E-state index contributed by atoms with van der Waals surface area (Å²) in [4.78, 5) is 46.7. The molecule has 16 heteroatoms. The number of carbonyl (C=O) groups excluding carboxylic acids is 4. The molecule has 4 aliphatic rings. The number of nitrogens with one attached hydrogen (secondary N) is 2. The largest absolute Gasteiger partial charge is 0.465 e. The van der Waals surface area contributed by atoms with E-state index < -0.39 is 10.8 Å². The Morgan fingerprint density at radius 1 is 0.848 bits per heavy atom. The zero-order valence-corrected chi connectivity index (χ0v) is 28.1. The van der Waals surface area contributed by atoms with Crippen LogP contribution in [0.3, 0.4) is 0 Å². The molecular weight excluding hydrogens is 644 g/mol. The summed E-state index contributed by atoms with van der Waals surface area (Å²) in [5, 5.41) is 42.4. The number of esters is 2. The van der Waals surface area contributed by atoms with Crippen molar-refractivity contribution in [3.8, 4) is 0 Å². The lowest BCUT2D eigenvalue weighted by Gasteiger charge is -2.23. The predicted molar refractivity (Wildman–Crippen MR) is 170 cm³/mol. The molecular formula is C30H48N2O12S2. The van der Waals surface area contributed by atoms with E-state index in [1.165, 1.54) is 0 Å².